The first-order valence-corrected chi connectivity index (χ1v) is 9.76. The van der Waals surface area contributed by atoms with Crippen LogP contribution in [0.3, 0.4) is 0 Å². The van der Waals surface area contributed by atoms with Crippen LogP contribution in [0.4, 0.5) is 13.2 Å². The molecule has 4 nitrogen and oxygen atoms in total. The van der Waals surface area contributed by atoms with Crippen molar-refractivity contribution in [2.45, 2.75) is 44.3 Å². The van der Waals surface area contributed by atoms with Crippen molar-refractivity contribution in [1.29, 1.82) is 0 Å². The number of carbonyl (C=O) groups excluding carboxylic acids is 1. The third kappa shape index (κ3) is 4.26. The maximum absolute atomic E-state index is 13.0. The van der Waals surface area contributed by atoms with Gasteiger partial charge in [-0.1, -0.05) is 25.3 Å². The molecule has 0 unspecified atom stereocenters. The normalized spacial score (nSPS) is 15.7. The summed E-state index contributed by atoms with van der Waals surface area (Å²) in [5.74, 6) is -0.0926. The van der Waals surface area contributed by atoms with E-state index < -0.39 is 11.9 Å². The van der Waals surface area contributed by atoms with E-state index in [1.54, 1.807) is 18.2 Å². The number of hydrogen-bond acceptors (Lipinski definition) is 3. The Morgan fingerprint density at radius 2 is 2.07 bits per heavy atom. The van der Waals surface area contributed by atoms with Crippen LogP contribution in [0.5, 0.6) is 0 Å². The van der Waals surface area contributed by atoms with Crippen molar-refractivity contribution in [1.82, 2.24) is 14.7 Å². The Bertz CT molecular complexity index is 819. The van der Waals surface area contributed by atoms with Gasteiger partial charge in [-0.3, -0.25) is 9.48 Å². The SMILES string of the molecule is C=CCN(C(=O)c1ccc(-c2cc(C(F)(F)F)n(C)n2)s1)C1CCCCC1. The molecule has 2 aromatic rings. The van der Waals surface area contributed by atoms with E-state index in [2.05, 4.69) is 11.7 Å². The molecule has 0 atom stereocenters. The molecule has 1 amide bonds. The van der Waals surface area contributed by atoms with E-state index in [1.807, 2.05) is 4.90 Å². The van der Waals surface area contributed by atoms with Gasteiger partial charge >= 0.3 is 6.18 Å². The topological polar surface area (TPSA) is 38.1 Å². The molecular weight excluding hydrogens is 375 g/mol. The highest BCUT2D eigenvalue weighted by atomic mass is 32.1. The zero-order valence-corrected chi connectivity index (χ0v) is 15.9. The second-order valence-corrected chi connectivity index (χ2v) is 7.82. The molecule has 1 aliphatic rings. The maximum Gasteiger partial charge on any atom is 0.433 e. The summed E-state index contributed by atoms with van der Waals surface area (Å²) in [5, 5.41) is 3.96. The Hall–Kier alpha value is -2.09. The zero-order chi connectivity index (χ0) is 19.6. The minimum Gasteiger partial charge on any atom is -0.331 e. The number of nitrogens with zero attached hydrogens (tertiary/aromatic N) is 3. The van der Waals surface area contributed by atoms with E-state index in [9.17, 15) is 18.0 Å². The summed E-state index contributed by atoms with van der Waals surface area (Å²) in [7, 11) is 1.26. The lowest BCUT2D eigenvalue weighted by Gasteiger charge is -2.33. The van der Waals surface area contributed by atoms with Crippen LogP contribution >= 0.6 is 11.3 Å². The highest BCUT2D eigenvalue weighted by molar-refractivity contribution is 7.17. The van der Waals surface area contributed by atoms with Gasteiger partial charge in [0, 0.05) is 19.6 Å². The predicted octanol–water partition coefficient (Wildman–Crippen LogP) is 5.13. The van der Waals surface area contributed by atoms with Crippen molar-refractivity contribution < 1.29 is 18.0 Å². The van der Waals surface area contributed by atoms with Crippen molar-refractivity contribution in [3.63, 3.8) is 0 Å². The van der Waals surface area contributed by atoms with E-state index in [-0.39, 0.29) is 17.6 Å². The van der Waals surface area contributed by atoms with Crippen LogP contribution in [0.2, 0.25) is 0 Å². The Balaban J connectivity index is 1.83. The number of carbonyl (C=O) groups is 1. The van der Waals surface area contributed by atoms with E-state index in [1.165, 1.54) is 24.8 Å². The number of aryl methyl sites for hydroxylation is 1. The average Bonchev–Trinajstić information content (AvgIpc) is 3.26. The predicted molar refractivity (Wildman–Crippen MR) is 99.6 cm³/mol. The quantitative estimate of drug-likeness (QED) is 0.656. The Labute approximate surface area is 160 Å². The highest BCUT2D eigenvalue weighted by Gasteiger charge is 2.35. The zero-order valence-electron chi connectivity index (χ0n) is 15.1. The number of halogens is 3. The summed E-state index contributed by atoms with van der Waals surface area (Å²) in [6.07, 6.45) is 2.62. The van der Waals surface area contributed by atoms with Crippen LogP contribution in [-0.2, 0) is 13.2 Å². The summed E-state index contributed by atoms with van der Waals surface area (Å²) >= 11 is 1.18. The summed E-state index contributed by atoms with van der Waals surface area (Å²) in [6, 6.07) is 4.54. The standard InChI is InChI=1S/C19H22F3N3OS/c1-3-11-25(13-7-5-4-6-8-13)18(26)16-10-9-15(27-16)14-12-17(19(20,21)22)24(2)23-14/h3,9-10,12-13H,1,4-8,11H2,2H3. The lowest BCUT2D eigenvalue weighted by atomic mass is 9.94. The van der Waals surface area contributed by atoms with Crippen LogP contribution in [0.1, 0.15) is 47.5 Å². The lowest BCUT2D eigenvalue weighted by molar-refractivity contribution is -0.143. The van der Waals surface area contributed by atoms with Crippen molar-refractivity contribution in [3.8, 4) is 10.6 Å². The molecule has 0 aromatic carbocycles. The van der Waals surface area contributed by atoms with Gasteiger partial charge in [0.2, 0.25) is 0 Å². The van der Waals surface area contributed by atoms with Crippen molar-refractivity contribution in [2.24, 2.45) is 7.05 Å². The van der Waals surface area contributed by atoms with E-state index in [0.29, 0.717) is 16.3 Å². The maximum atomic E-state index is 13.0. The van der Waals surface area contributed by atoms with E-state index in [0.717, 1.165) is 36.4 Å². The Kier molecular flexibility index (Phi) is 5.74. The molecule has 1 fully saturated rings. The van der Waals surface area contributed by atoms with Crippen LogP contribution in [-0.4, -0.2) is 33.2 Å². The van der Waals surface area contributed by atoms with Gasteiger partial charge < -0.3 is 4.90 Å². The number of aromatic nitrogens is 2. The van der Waals surface area contributed by atoms with Gasteiger partial charge in [0.05, 0.1) is 9.75 Å². The number of rotatable bonds is 5. The fraction of sp³-hybridized carbons (Fsp3) is 0.474. The molecule has 1 saturated carbocycles. The van der Waals surface area contributed by atoms with Crippen LogP contribution < -0.4 is 0 Å². The molecule has 2 heterocycles. The number of thiophene rings is 1. The smallest absolute Gasteiger partial charge is 0.331 e. The van der Waals surface area contributed by atoms with Crippen LogP contribution in [0.25, 0.3) is 10.6 Å². The van der Waals surface area contributed by atoms with Gasteiger partial charge in [0.25, 0.3) is 5.91 Å². The molecule has 1 aliphatic carbocycles. The number of hydrogen-bond donors (Lipinski definition) is 0. The number of alkyl halides is 3. The molecule has 0 bridgehead atoms. The van der Waals surface area contributed by atoms with Crippen molar-refractivity contribution in [3.05, 3.63) is 41.4 Å². The first kappa shape index (κ1) is 19.7. The minimum absolute atomic E-state index is 0.0926. The molecule has 146 valence electrons. The highest BCUT2D eigenvalue weighted by Crippen LogP contribution is 2.35. The minimum atomic E-state index is -4.46. The third-order valence-corrected chi connectivity index (χ3v) is 5.94. The molecule has 2 aromatic heterocycles. The molecule has 0 aliphatic heterocycles. The van der Waals surface area contributed by atoms with Gasteiger partial charge in [-0.25, -0.2) is 0 Å². The molecule has 27 heavy (non-hydrogen) atoms. The number of amides is 1. The van der Waals surface area contributed by atoms with Crippen molar-refractivity contribution in [2.75, 3.05) is 6.54 Å². The summed E-state index contributed by atoms with van der Waals surface area (Å²) in [5.41, 5.74) is -0.587. The first-order chi connectivity index (χ1) is 12.8. The summed E-state index contributed by atoms with van der Waals surface area (Å²) in [6.45, 7) is 4.22. The lowest BCUT2D eigenvalue weighted by Crippen LogP contribution is -2.41. The van der Waals surface area contributed by atoms with Crippen LogP contribution in [0, 0.1) is 0 Å². The van der Waals surface area contributed by atoms with Gasteiger partial charge in [-0.2, -0.15) is 18.3 Å². The molecule has 3 rings (SSSR count). The molecule has 0 radical (unpaired) electrons. The Morgan fingerprint density at radius 1 is 1.37 bits per heavy atom. The molecule has 0 spiro atoms. The Morgan fingerprint density at radius 3 is 2.67 bits per heavy atom. The summed E-state index contributed by atoms with van der Waals surface area (Å²) in [4.78, 5) is 15.9. The molecule has 0 saturated heterocycles. The second kappa shape index (κ2) is 7.88. The fourth-order valence-electron chi connectivity index (χ4n) is 3.51. The van der Waals surface area contributed by atoms with Crippen molar-refractivity contribution >= 4 is 17.2 Å². The third-order valence-electron chi connectivity index (χ3n) is 4.84. The molecular formula is C19H22F3N3OS. The van der Waals surface area contributed by atoms with Gasteiger partial charge in [0.1, 0.15) is 11.4 Å². The van der Waals surface area contributed by atoms with Gasteiger partial charge in [0.15, 0.2) is 0 Å². The van der Waals surface area contributed by atoms with Crippen LogP contribution in [0.15, 0.2) is 30.9 Å². The van der Waals surface area contributed by atoms with Gasteiger partial charge in [-0.05, 0) is 31.0 Å². The molecule has 8 heteroatoms. The first-order valence-electron chi connectivity index (χ1n) is 8.94. The average molecular weight is 397 g/mol. The second-order valence-electron chi connectivity index (χ2n) is 6.74. The van der Waals surface area contributed by atoms with E-state index in [4.69, 9.17) is 0 Å². The largest absolute Gasteiger partial charge is 0.433 e. The monoisotopic (exact) mass is 397 g/mol. The summed E-state index contributed by atoms with van der Waals surface area (Å²) < 4.78 is 39.8. The van der Waals surface area contributed by atoms with Gasteiger partial charge in [-0.15, -0.1) is 17.9 Å². The fourth-order valence-corrected chi connectivity index (χ4v) is 4.43. The molecule has 0 N–H and O–H groups in total. The van der Waals surface area contributed by atoms with E-state index >= 15 is 0 Å².